The van der Waals surface area contributed by atoms with E-state index >= 15 is 0 Å². The van der Waals surface area contributed by atoms with E-state index in [-0.39, 0.29) is 12.0 Å². The number of hydrogen-bond donors (Lipinski definition) is 2. The van der Waals surface area contributed by atoms with Gasteiger partial charge in [-0.2, -0.15) is 0 Å². The molecule has 0 aromatic heterocycles. The van der Waals surface area contributed by atoms with Crippen LogP contribution in [0, 0.1) is 5.92 Å². The Morgan fingerprint density at radius 3 is 2.72 bits per heavy atom. The highest BCUT2D eigenvalue weighted by atomic mass is 16.5. The standard InChI is InChI=1S/C13H18N2O3/c14-12(11-6-15(7-11)13(16)17)9-18-8-10-4-2-1-3-5-10/h1-5,11-12H,6-9,14H2,(H,16,17). The van der Waals surface area contributed by atoms with Crippen LogP contribution in [0.1, 0.15) is 5.56 Å². The molecule has 1 aliphatic heterocycles. The summed E-state index contributed by atoms with van der Waals surface area (Å²) in [6.07, 6.45) is -0.872. The molecular formula is C13H18N2O3. The van der Waals surface area contributed by atoms with Gasteiger partial charge in [-0.3, -0.25) is 0 Å². The van der Waals surface area contributed by atoms with Crippen LogP contribution < -0.4 is 5.73 Å². The van der Waals surface area contributed by atoms with Gasteiger partial charge in [0.25, 0.3) is 0 Å². The highest BCUT2D eigenvalue weighted by Crippen LogP contribution is 2.18. The first-order valence-corrected chi connectivity index (χ1v) is 6.02. The van der Waals surface area contributed by atoms with Crippen molar-refractivity contribution in [1.82, 2.24) is 4.90 Å². The van der Waals surface area contributed by atoms with Crippen molar-refractivity contribution >= 4 is 6.09 Å². The van der Waals surface area contributed by atoms with Crippen molar-refractivity contribution in [1.29, 1.82) is 0 Å². The zero-order chi connectivity index (χ0) is 13.0. The minimum atomic E-state index is -0.872. The van der Waals surface area contributed by atoms with Gasteiger partial charge in [0.2, 0.25) is 0 Å². The number of nitrogens with zero attached hydrogens (tertiary/aromatic N) is 1. The Bertz CT molecular complexity index is 390. The number of amides is 1. The van der Waals surface area contributed by atoms with Crippen molar-refractivity contribution in [2.24, 2.45) is 11.7 Å². The maximum absolute atomic E-state index is 10.6. The lowest BCUT2D eigenvalue weighted by Crippen LogP contribution is -2.57. The lowest BCUT2D eigenvalue weighted by molar-refractivity contribution is 0.0358. The largest absolute Gasteiger partial charge is 0.465 e. The average molecular weight is 250 g/mol. The number of ether oxygens (including phenoxy) is 1. The van der Waals surface area contributed by atoms with Crippen LogP contribution in [0.3, 0.4) is 0 Å². The minimum absolute atomic E-state index is 0.0932. The Labute approximate surface area is 106 Å². The van der Waals surface area contributed by atoms with E-state index in [9.17, 15) is 4.79 Å². The maximum atomic E-state index is 10.6. The summed E-state index contributed by atoms with van der Waals surface area (Å²) in [6, 6.07) is 9.81. The Morgan fingerprint density at radius 1 is 1.44 bits per heavy atom. The predicted octanol–water partition coefficient (Wildman–Crippen LogP) is 1.14. The number of rotatable bonds is 5. The first-order valence-electron chi connectivity index (χ1n) is 6.02. The lowest BCUT2D eigenvalue weighted by atomic mass is 9.93. The number of benzene rings is 1. The van der Waals surface area contributed by atoms with Crippen LogP contribution in [0.15, 0.2) is 30.3 Å². The summed E-state index contributed by atoms with van der Waals surface area (Å²) in [7, 11) is 0. The minimum Gasteiger partial charge on any atom is -0.465 e. The number of carbonyl (C=O) groups is 1. The molecule has 1 heterocycles. The molecular weight excluding hydrogens is 232 g/mol. The fraction of sp³-hybridized carbons (Fsp3) is 0.462. The number of hydrogen-bond acceptors (Lipinski definition) is 3. The van der Waals surface area contributed by atoms with E-state index in [0.29, 0.717) is 26.3 Å². The van der Waals surface area contributed by atoms with Gasteiger partial charge in [0.15, 0.2) is 0 Å². The fourth-order valence-electron chi connectivity index (χ4n) is 1.96. The van der Waals surface area contributed by atoms with Gasteiger partial charge in [0, 0.05) is 25.0 Å². The number of carboxylic acid groups (broad SMARTS) is 1. The molecule has 1 aliphatic rings. The van der Waals surface area contributed by atoms with Gasteiger partial charge in [-0.1, -0.05) is 30.3 Å². The average Bonchev–Trinajstić information content (AvgIpc) is 2.28. The summed E-state index contributed by atoms with van der Waals surface area (Å²) in [4.78, 5) is 12.0. The molecule has 0 bridgehead atoms. The molecule has 0 radical (unpaired) electrons. The van der Waals surface area contributed by atoms with E-state index in [1.807, 2.05) is 30.3 Å². The number of likely N-dealkylation sites (tertiary alicyclic amines) is 1. The third-order valence-corrected chi connectivity index (χ3v) is 3.21. The van der Waals surface area contributed by atoms with Gasteiger partial charge in [0.05, 0.1) is 13.2 Å². The zero-order valence-corrected chi connectivity index (χ0v) is 10.2. The van der Waals surface area contributed by atoms with Gasteiger partial charge in [-0.05, 0) is 5.56 Å². The molecule has 1 amide bonds. The molecule has 1 atom stereocenters. The van der Waals surface area contributed by atoms with Crippen molar-refractivity contribution in [2.75, 3.05) is 19.7 Å². The normalized spacial score (nSPS) is 17.3. The zero-order valence-electron chi connectivity index (χ0n) is 10.2. The second-order valence-electron chi connectivity index (χ2n) is 4.61. The molecule has 1 saturated heterocycles. The van der Waals surface area contributed by atoms with Gasteiger partial charge in [0.1, 0.15) is 0 Å². The highest BCUT2D eigenvalue weighted by Gasteiger charge is 2.34. The molecule has 18 heavy (non-hydrogen) atoms. The maximum Gasteiger partial charge on any atom is 0.407 e. The summed E-state index contributed by atoms with van der Waals surface area (Å²) in [5, 5.41) is 8.71. The van der Waals surface area contributed by atoms with Crippen LogP contribution in [0.2, 0.25) is 0 Å². The van der Waals surface area contributed by atoms with Gasteiger partial charge >= 0.3 is 6.09 Å². The quantitative estimate of drug-likeness (QED) is 0.821. The predicted molar refractivity (Wildman–Crippen MR) is 67.2 cm³/mol. The fourth-order valence-corrected chi connectivity index (χ4v) is 1.96. The van der Waals surface area contributed by atoms with E-state index in [0.717, 1.165) is 5.56 Å². The number of nitrogens with two attached hydrogens (primary N) is 1. The van der Waals surface area contributed by atoms with Crippen molar-refractivity contribution < 1.29 is 14.6 Å². The Hall–Kier alpha value is -1.59. The third kappa shape index (κ3) is 3.21. The molecule has 3 N–H and O–H groups in total. The smallest absolute Gasteiger partial charge is 0.407 e. The van der Waals surface area contributed by atoms with Gasteiger partial charge < -0.3 is 20.5 Å². The first kappa shape index (κ1) is 12.9. The molecule has 1 aromatic carbocycles. The molecule has 0 aliphatic carbocycles. The Morgan fingerprint density at radius 2 is 2.11 bits per heavy atom. The van der Waals surface area contributed by atoms with Gasteiger partial charge in [-0.25, -0.2) is 4.79 Å². The molecule has 0 saturated carbocycles. The van der Waals surface area contributed by atoms with E-state index in [1.54, 1.807) is 0 Å². The SMILES string of the molecule is NC(COCc1ccccc1)C1CN(C(=O)O)C1. The topological polar surface area (TPSA) is 75.8 Å². The van der Waals surface area contributed by atoms with E-state index in [1.165, 1.54) is 4.90 Å². The molecule has 5 nitrogen and oxygen atoms in total. The highest BCUT2D eigenvalue weighted by molar-refractivity contribution is 5.66. The van der Waals surface area contributed by atoms with Gasteiger partial charge in [-0.15, -0.1) is 0 Å². The van der Waals surface area contributed by atoms with Crippen LogP contribution in [-0.2, 0) is 11.3 Å². The van der Waals surface area contributed by atoms with E-state index in [4.69, 9.17) is 15.6 Å². The monoisotopic (exact) mass is 250 g/mol. The molecule has 2 rings (SSSR count). The summed E-state index contributed by atoms with van der Waals surface area (Å²) in [5.41, 5.74) is 7.08. The Balaban J connectivity index is 1.64. The van der Waals surface area contributed by atoms with E-state index < -0.39 is 6.09 Å². The first-order chi connectivity index (χ1) is 8.66. The van der Waals surface area contributed by atoms with Crippen LogP contribution in [0.5, 0.6) is 0 Å². The summed E-state index contributed by atoms with van der Waals surface area (Å²) in [6.45, 7) is 2.05. The summed E-state index contributed by atoms with van der Waals surface area (Å²) >= 11 is 0. The lowest BCUT2D eigenvalue weighted by Gasteiger charge is -2.40. The van der Waals surface area contributed by atoms with Crippen molar-refractivity contribution in [3.05, 3.63) is 35.9 Å². The molecule has 5 heteroatoms. The van der Waals surface area contributed by atoms with Crippen LogP contribution in [0.25, 0.3) is 0 Å². The van der Waals surface area contributed by atoms with E-state index in [2.05, 4.69) is 0 Å². The summed E-state index contributed by atoms with van der Waals surface area (Å²) in [5.74, 6) is 0.219. The second kappa shape index (κ2) is 5.84. The molecule has 1 aromatic rings. The molecule has 1 unspecified atom stereocenters. The van der Waals surface area contributed by atoms with Crippen molar-refractivity contribution in [3.63, 3.8) is 0 Å². The molecule has 1 fully saturated rings. The summed E-state index contributed by atoms with van der Waals surface area (Å²) < 4.78 is 5.54. The molecule has 0 spiro atoms. The van der Waals surface area contributed by atoms with Crippen LogP contribution >= 0.6 is 0 Å². The van der Waals surface area contributed by atoms with Crippen molar-refractivity contribution in [3.8, 4) is 0 Å². The molecule has 98 valence electrons. The second-order valence-corrected chi connectivity index (χ2v) is 4.61. The van der Waals surface area contributed by atoms with Crippen molar-refractivity contribution in [2.45, 2.75) is 12.6 Å². The Kier molecular flexibility index (Phi) is 4.17. The van der Waals surface area contributed by atoms with Crippen LogP contribution in [-0.4, -0.2) is 41.8 Å². The third-order valence-electron chi connectivity index (χ3n) is 3.21. The van der Waals surface area contributed by atoms with Crippen LogP contribution in [0.4, 0.5) is 4.79 Å².